The number of nitrogens with zero attached hydrogens (tertiary/aromatic N) is 2. The predicted molar refractivity (Wildman–Crippen MR) is 109 cm³/mol. The van der Waals surface area contributed by atoms with Crippen LogP contribution in [0.1, 0.15) is 15.9 Å². The van der Waals surface area contributed by atoms with Gasteiger partial charge in [0.2, 0.25) is 0 Å². The monoisotopic (exact) mass is 398 g/mol. The Morgan fingerprint density at radius 3 is 2.67 bits per heavy atom. The minimum Gasteiger partial charge on any atom is -0.308 e. The van der Waals surface area contributed by atoms with Gasteiger partial charge < -0.3 is 5.32 Å². The zero-order valence-corrected chi connectivity index (χ0v) is 15.8. The fraction of sp³-hybridized carbons (Fsp3) is 0.0556. The minimum absolute atomic E-state index is 0.0660. The van der Waals surface area contributed by atoms with Crippen molar-refractivity contribution >= 4 is 45.4 Å². The van der Waals surface area contributed by atoms with Crippen LogP contribution in [0.5, 0.6) is 0 Å². The van der Waals surface area contributed by atoms with E-state index in [-0.39, 0.29) is 16.4 Å². The molecule has 2 aromatic carbocycles. The Kier molecular flexibility index (Phi) is 5.53. The highest BCUT2D eigenvalue weighted by atomic mass is 32.1. The van der Waals surface area contributed by atoms with Crippen LogP contribution in [-0.2, 0) is 0 Å². The maximum atomic E-state index is 12.2. The molecule has 1 aromatic heterocycles. The fourth-order valence-electron chi connectivity index (χ4n) is 2.25. The molecule has 3 aromatic rings. The van der Waals surface area contributed by atoms with E-state index in [4.69, 9.17) is 12.2 Å². The molecule has 0 aliphatic rings. The number of aryl methyl sites for hydroxylation is 1. The standard InChI is InChI=1S/C18H14N4O3S2/c1-11-5-7-12(8-6-11)15-10-27-18(19-15)21-17(26)20-16(23)13-3-2-4-14(9-13)22(24)25/h2-10H,1H3,(H2,19,20,21,23,26). The molecule has 0 saturated carbocycles. The molecule has 3 rings (SSSR count). The largest absolute Gasteiger partial charge is 0.308 e. The Morgan fingerprint density at radius 2 is 1.96 bits per heavy atom. The summed E-state index contributed by atoms with van der Waals surface area (Å²) in [5, 5.41) is 18.6. The average molecular weight is 398 g/mol. The van der Waals surface area contributed by atoms with Gasteiger partial charge in [0, 0.05) is 28.6 Å². The molecular formula is C18H14N4O3S2. The van der Waals surface area contributed by atoms with Gasteiger partial charge in [0.1, 0.15) is 0 Å². The molecule has 0 aliphatic carbocycles. The number of thiazole rings is 1. The number of rotatable bonds is 4. The molecule has 1 heterocycles. The molecule has 0 bridgehead atoms. The zero-order chi connectivity index (χ0) is 19.4. The summed E-state index contributed by atoms with van der Waals surface area (Å²) in [6.45, 7) is 2.01. The molecular weight excluding hydrogens is 384 g/mol. The van der Waals surface area contributed by atoms with Crippen LogP contribution in [0.15, 0.2) is 53.9 Å². The summed E-state index contributed by atoms with van der Waals surface area (Å²) < 4.78 is 0. The summed E-state index contributed by atoms with van der Waals surface area (Å²) in [7, 11) is 0. The van der Waals surface area contributed by atoms with Gasteiger partial charge in [0.15, 0.2) is 10.2 Å². The van der Waals surface area contributed by atoms with Crippen molar-refractivity contribution in [2.75, 3.05) is 5.32 Å². The van der Waals surface area contributed by atoms with Crippen LogP contribution in [0.2, 0.25) is 0 Å². The summed E-state index contributed by atoms with van der Waals surface area (Å²) >= 11 is 6.49. The van der Waals surface area contributed by atoms with E-state index in [1.165, 1.54) is 35.6 Å². The van der Waals surface area contributed by atoms with Crippen molar-refractivity contribution in [1.82, 2.24) is 10.3 Å². The highest BCUT2D eigenvalue weighted by Gasteiger charge is 2.13. The first-order chi connectivity index (χ1) is 12.9. The van der Waals surface area contributed by atoms with Gasteiger partial charge in [0.25, 0.3) is 11.6 Å². The van der Waals surface area contributed by atoms with Gasteiger partial charge in [-0.1, -0.05) is 35.9 Å². The van der Waals surface area contributed by atoms with Gasteiger partial charge in [-0.25, -0.2) is 4.98 Å². The van der Waals surface area contributed by atoms with Crippen molar-refractivity contribution in [3.05, 3.63) is 75.2 Å². The van der Waals surface area contributed by atoms with Gasteiger partial charge >= 0.3 is 0 Å². The van der Waals surface area contributed by atoms with E-state index in [9.17, 15) is 14.9 Å². The SMILES string of the molecule is Cc1ccc(-c2csc(NC(=S)NC(=O)c3cccc([N+](=O)[O-])c3)n2)cc1. The maximum Gasteiger partial charge on any atom is 0.270 e. The second-order valence-electron chi connectivity index (χ2n) is 5.62. The first-order valence-corrected chi connectivity index (χ1v) is 9.10. The molecule has 0 atom stereocenters. The zero-order valence-electron chi connectivity index (χ0n) is 14.1. The lowest BCUT2D eigenvalue weighted by Gasteiger charge is -2.07. The number of nitro benzene ring substituents is 1. The maximum absolute atomic E-state index is 12.2. The normalized spacial score (nSPS) is 10.3. The number of nitro groups is 1. The van der Waals surface area contributed by atoms with Crippen molar-refractivity contribution in [3.8, 4) is 11.3 Å². The van der Waals surface area contributed by atoms with Gasteiger partial charge in [-0.05, 0) is 25.2 Å². The topological polar surface area (TPSA) is 97.2 Å². The molecule has 1 amide bonds. The van der Waals surface area contributed by atoms with Crippen LogP contribution < -0.4 is 10.6 Å². The Bertz CT molecular complexity index is 1020. The summed E-state index contributed by atoms with van der Waals surface area (Å²) in [6.07, 6.45) is 0. The molecule has 0 aliphatic heterocycles. The van der Waals surface area contributed by atoms with Crippen LogP contribution in [0, 0.1) is 17.0 Å². The number of anilines is 1. The van der Waals surface area contributed by atoms with E-state index in [1.807, 2.05) is 36.6 Å². The number of hydrogen-bond acceptors (Lipinski definition) is 6. The van der Waals surface area contributed by atoms with E-state index < -0.39 is 10.8 Å². The first kappa shape index (κ1) is 18.6. The Labute approximate surface area is 164 Å². The third-order valence-electron chi connectivity index (χ3n) is 3.62. The van der Waals surface area contributed by atoms with Crippen LogP contribution in [-0.4, -0.2) is 20.9 Å². The van der Waals surface area contributed by atoms with E-state index in [1.54, 1.807) is 0 Å². The average Bonchev–Trinajstić information content (AvgIpc) is 3.10. The van der Waals surface area contributed by atoms with E-state index in [2.05, 4.69) is 15.6 Å². The Morgan fingerprint density at radius 1 is 1.22 bits per heavy atom. The van der Waals surface area contributed by atoms with Crippen molar-refractivity contribution in [1.29, 1.82) is 0 Å². The highest BCUT2D eigenvalue weighted by Crippen LogP contribution is 2.25. The number of thiocarbonyl (C=S) groups is 1. The molecule has 0 saturated heterocycles. The van der Waals surface area contributed by atoms with Gasteiger partial charge in [-0.15, -0.1) is 11.3 Å². The molecule has 9 heteroatoms. The van der Waals surface area contributed by atoms with Crippen LogP contribution in [0.3, 0.4) is 0 Å². The molecule has 0 fully saturated rings. The molecule has 0 unspecified atom stereocenters. The van der Waals surface area contributed by atoms with Gasteiger partial charge in [0.05, 0.1) is 10.6 Å². The molecule has 7 nitrogen and oxygen atoms in total. The number of carbonyl (C=O) groups excluding carboxylic acids is 1. The lowest BCUT2D eigenvalue weighted by molar-refractivity contribution is -0.384. The summed E-state index contributed by atoms with van der Waals surface area (Å²) in [5.41, 5.74) is 2.93. The number of non-ortho nitro benzene ring substituents is 1. The minimum atomic E-state index is -0.560. The van der Waals surface area contributed by atoms with E-state index in [0.717, 1.165) is 16.8 Å². The number of nitrogens with one attached hydrogen (secondary N) is 2. The van der Waals surface area contributed by atoms with E-state index >= 15 is 0 Å². The molecule has 2 N–H and O–H groups in total. The molecule has 0 spiro atoms. The number of amides is 1. The lowest BCUT2D eigenvalue weighted by atomic mass is 10.1. The number of benzene rings is 2. The first-order valence-electron chi connectivity index (χ1n) is 7.82. The van der Waals surface area contributed by atoms with Crippen LogP contribution >= 0.6 is 23.6 Å². The molecule has 136 valence electrons. The quantitative estimate of drug-likeness (QED) is 0.389. The fourth-order valence-corrected chi connectivity index (χ4v) is 3.23. The number of carbonyl (C=O) groups is 1. The van der Waals surface area contributed by atoms with Crippen molar-refractivity contribution < 1.29 is 9.72 Å². The van der Waals surface area contributed by atoms with Crippen LogP contribution in [0.4, 0.5) is 10.8 Å². The Balaban J connectivity index is 1.64. The van der Waals surface area contributed by atoms with Crippen LogP contribution in [0.25, 0.3) is 11.3 Å². The second kappa shape index (κ2) is 8.02. The van der Waals surface area contributed by atoms with Gasteiger partial charge in [-0.2, -0.15) is 0 Å². The lowest BCUT2D eigenvalue weighted by Crippen LogP contribution is -2.34. The second-order valence-corrected chi connectivity index (χ2v) is 6.89. The van der Waals surface area contributed by atoms with Crippen molar-refractivity contribution in [3.63, 3.8) is 0 Å². The number of aromatic nitrogens is 1. The van der Waals surface area contributed by atoms with Gasteiger partial charge in [-0.3, -0.25) is 20.2 Å². The summed E-state index contributed by atoms with van der Waals surface area (Å²) in [6, 6.07) is 13.4. The molecule has 0 radical (unpaired) electrons. The third-order valence-corrected chi connectivity index (χ3v) is 4.58. The molecule has 27 heavy (non-hydrogen) atoms. The van der Waals surface area contributed by atoms with Crippen molar-refractivity contribution in [2.45, 2.75) is 6.92 Å². The van der Waals surface area contributed by atoms with E-state index in [0.29, 0.717) is 5.13 Å². The third kappa shape index (κ3) is 4.72. The summed E-state index contributed by atoms with van der Waals surface area (Å²) in [5.74, 6) is -0.536. The number of hydrogen-bond donors (Lipinski definition) is 2. The Hall–Kier alpha value is -3.17. The predicted octanol–water partition coefficient (Wildman–Crippen LogP) is 4.15. The summed E-state index contributed by atoms with van der Waals surface area (Å²) in [4.78, 5) is 26.9. The highest BCUT2D eigenvalue weighted by molar-refractivity contribution is 7.80. The van der Waals surface area contributed by atoms with Crippen molar-refractivity contribution in [2.24, 2.45) is 0 Å². The smallest absolute Gasteiger partial charge is 0.270 e.